The number of carbonyl (C=O) groups excluding carboxylic acids is 1. The largest absolute Gasteiger partial charge is 0.353 e. The molecule has 1 aliphatic heterocycles. The Hall–Kier alpha value is -3.20. The fourth-order valence-electron chi connectivity index (χ4n) is 3.97. The van der Waals surface area contributed by atoms with Gasteiger partial charge in [0.2, 0.25) is 11.6 Å². The minimum Gasteiger partial charge on any atom is -0.353 e. The zero-order valence-corrected chi connectivity index (χ0v) is 18.4. The van der Waals surface area contributed by atoms with E-state index in [0.29, 0.717) is 22.7 Å². The van der Waals surface area contributed by atoms with Crippen LogP contribution in [0, 0.1) is 0 Å². The smallest absolute Gasteiger partial charge is 0.351 e. The molecule has 0 radical (unpaired) electrons. The van der Waals surface area contributed by atoms with Gasteiger partial charge in [-0.05, 0) is 55.7 Å². The number of amides is 1. The molecule has 0 atom stereocenters. The first-order valence-electron chi connectivity index (χ1n) is 10.3. The lowest BCUT2D eigenvalue weighted by Crippen LogP contribution is -2.31. The van der Waals surface area contributed by atoms with Gasteiger partial charge in [0, 0.05) is 23.2 Å². The van der Waals surface area contributed by atoms with Gasteiger partial charge in [-0.15, -0.1) is 5.10 Å². The Balaban J connectivity index is 1.55. The molecule has 0 bridgehead atoms. The highest BCUT2D eigenvalue weighted by Gasteiger charge is 2.22. The number of hydrogen-bond donors (Lipinski definition) is 1. The van der Waals surface area contributed by atoms with E-state index < -0.39 is 0 Å². The lowest BCUT2D eigenvalue weighted by atomic mass is 10.1. The Morgan fingerprint density at radius 1 is 1.03 bits per heavy atom. The van der Waals surface area contributed by atoms with Crippen LogP contribution < -0.4 is 15.9 Å². The first kappa shape index (κ1) is 19.7. The molecule has 0 unspecified atom stereocenters. The number of rotatable bonds is 4. The van der Waals surface area contributed by atoms with Gasteiger partial charge in [0.1, 0.15) is 6.54 Å². The van der Waals surface area contributed by atoms with E-state index in [9.17, 15) is 9.59 Å². The maximum atomic E-state index is 13.2. The molecule has 2 aromatic carbocycles. The molecule has 158 valence electrons. The summed E-state index contributed by atoms with van der Waals surface area (Å²) in [6.45, 7) is 1.59. The van der Waals surface area contributed by atoms with Crippen LogP contribution in [0.1, 0.15) is 19.3 Å². The van der Waals surface area contributed by atoms with Crippen LogP contribution in [0.15, 0.2) is 57.8 Å². The van der Waals surface area contributed by atoms with E-state index in [1.165, 1.54) is 11.1 Å². The predicted octanol–water partition coefficient (Wildman–Crippen LogP) is 3.44. The first-order valence-corrected chi connectivity index (χ1v) is 11.1. The number of nitrogens with one attached hydrogen (secondary N) is 1. The molecule has 3 heterocycles. The van der Waals surface area contributed by atoms with E-state index >= 15 is 0 Å². The van der Waals surface area contributed by atoms with E-state index in [4.69, 9.17) is 4.98 Å². The zero-order valence-electron chi connectivity index (χ0n) is 16.8. The number of halogens is 1. The molecule has 1 N–H and O–H groups in total. The number of nitrogens with zero attached hydrogens (tertiary/aromatic N) is 5. The number of para-hydroxylation sites is 2. The van der Waals surface area contributed by atoms with Gasteiger partial charge >= 0.3 is 5.69 Å². The highest BCUT2D eigenvalue weighted by atomic mass is 79.9. The Labute approximate surface area is 186 Å². The Bertz CT molecular complexity index is 1320. The van der Waals surface area contributed by atoms with E-state index in [1.807, 2.05) is 36.4 Å². The standard InChI is InChI=1S/C22H21BrN6O2/c23-15-8-10-16(11-9-15)24-19(30)14-28-22(31)29-18-7-3-2-6-17(18)25-20(21(29)26-28)27-12-4-1-5-13-27/h2-3,6-11H,1,4-5,12-14H2,(H,24,30). The van der Waals surface area contributed by atoms with Crippen molar-refractivity contribution >= 4 is 50.0 Å². The molecule has 0 saturated carbocycles. The summed E-state index contributed by atoms with van der Waals surface area (Å²) >= 11 is 3.37. The molecular weight excluding hydrogens is 460 g/mol. The highest BCUT2D eigenvalue weighted by Crippen LogP contribution is 2.25. The van der Waals surface area contributed by atoms with E-state index in [-0.39, 0.29) is 18.1 Å². The third-order valence-electron chi connectivity index (χ3n) is 5.47. The quantitative estimate of drug-likeness (QED) is 0.483. The van der Waals surface area contributed by atoms with Crippen molar-refractivity contribution in [3.63, 3.8) is 0 Å². The monoisotopic (exact) mass is 480 g/mol. The van der Waals surface area contributed by atoms with Crippen molar-refractivity contribution in [3.05, 3.63) is 63.5 Å². The minimum absolute atomic E-state index is 0.176. The topological polar surface area (TPSA) is 84.5 Å². The van der Waals surface area contributed by atoms with Gasteiger partial charge in [0.25, 0.3) is 0 Å². The van der Waals surface area contributed by atoms with Gasteiger partial charge in [0.15, 0.2) is 5.82 Å². The van der Waals surface area contributed by atoms with Crippen molar-refractivity contribution in [1.82, 2.24) is 19.2 Å². The van der Waals surface area contributed by atoms with Crippen LogP contribution in [0.2, 0.25) is 0 Å². The maximum absolute atomic E-state index is 13.2. The molecule has 8 nitrogen and oxygen atoms in total. The lowest BCUT2D eigenvalue weighted by molar-refractivity contribution is -0.117. The number of piperidine rings is 1. The fraction of sp³-hybridized carbons (Fsp3) is 0.273. The molecule has 0 spiro atoms. The highest BCUT2D eigenvalue weighted by molar-refractivity contribution is 9.10. The van der Waals surface area contributed by atoms with Crippen LogP contribution in [-0.2, 0) is 11.3 Å². The molecule has 1 aliphatic rings. The predicted molar refractivity (Wildman–Crippen MR) is 124 cm³/mol. The van der Waals surface area contributed by atoms with Gasteiger partial charge < -0.3 is 10.2 Å². The molecule has 31 heavy (non-hydrogen) atoms. The summed E-state index contributed by atoms with van der Waals surface area (Å²) in [5.41, 5.74) is 2.21. The summed E-state index contributed by atoms with van der Waals surface area (Å²) in [5.74, 6) is 0.382. The zero-order chi connectivity index (χ0) is 21.4. The van der Waals surface area contributed by atoms with Crippen molar-refractivity contribution in [3.8, 4) is 0 Å². The molecule has 5 rings (SSSR count). The van der Waals surface area contributed by atoms with Crippen molar-refractivity contribution < 1.29 is 4.79 Å². The average Bonchev–Trinajstić information content (AvgIpc) is 3.11. The summed E-state index contributed by atoms with van der Waals surface area (Å²) in [4.78, 5) is 32.8. The SMILES string of the molecule is O=C(Cn1nc2c(N3CCCCC3)nc3ccccc3n2c1=O)Nc1ccc(Br)cc1. The number of anilines is 2. The van der Waals surface area contributed by atoms with Crippen LogP contribution in [0.25, 0.3) is 16.7 Å². The Morgan fingerprint density at radius 3 is 2.55 bits per heavy atom. The summed E-state index contributed by atoms with van der Waals surface area (Å²) in [6.07, 6.45) is 3.36. The maximum Gasteiger partial charge on any atom is 0.351 e. The number of hydrogen-bond acceptors (Lipinski definition) is 5. The van der Waals surface area contributed by atoms with Crippen LogP contribution >= 0.6 is 15.9 Å². The molecule has 4 aromatic rings. The molecule has 1 fully saturated rings. The summed E-state index contributed by atoms with van der Waals surface area (Å²) in [7, 11) is 0. The van der Waals surface area contributed by atoms with Crippen molar-refractivity contribution in [2.75, 3.05) is 23.3 Å². The third-order valence-corrected chi connectivity index (χ3v) is 5.99. The normalized spacial score (nSPS) is 14.3. The van der Waals surface area contributed by atoms with E-state index in [2.05, 4.69) is 31.2 Å². The van der Waals surface area contributed by atoms with Crippen LogP contribution in [-0.4, -0.2) is 38.2 Å². The molecule has 1 saturated heterocycles. The van der Waals surface area contributed by atoms with Gasteiger partial charge in [-0.1, -0.05) is 28.1 Å². The summed E-state index contributed by atoms with van der Waals surface area (Å²) in [5, 5.41) is 7.34. The Morgan fingerprint density at radius 2 is 1.77 bits per heavy atom. The number of aromatic nitrogens is 4. The number of carbonyl (C=O) groups is 1. The minimum atomic E-state index is -0.349. The summed E-state index contributed by atoms with van der Waals surface area (Å²) in [6, 6.07) is 14.8. The molecule has 9 heteroatoms. The summed E-state index contributed by atoms with van der Waals surface area (Å²) < 4.78 is 3.70. The van der Waals surface area contributed by atoms with E-state index in [1.54, 1.807) is 16.5 Å². The third kappa shape index (κ3) is 3.81. The number of benzene rings is 2. The van der Waals surface area contributed by atoms with Crippen LogP contribution in [0.3, 0.4) is 0 Å². The molecule has 1 amide bonds. The number of fused-ring (bicyclic) bond motifs is 3. The fourth-order valence-corrected chi connectivity index (χ4v) is 4.24. The molecule has 2 aromatic heterocycles. The van der Waals surface area contributed by atoms with Crippen molar-refractivity contribution in [1.29, 1.82) is 0 Å². The Kier molecular flexibility index (Phi) is 5.19. The van der Waals surface area contributed by atoms with Gasteiger partial charge in [-0.3, -0.25) is 4.79 Å². The van der Waals surface area contributed by atoms with Crippen LogP contribution in [0.5, 0.6) is 0 Å². The average molecular weight is 481 g/mol. The molecular formula is C22H21BrN6O2. The molecule has 0 aliphatic carbocycles. The second kappa shape index (κ2) is 8.14. The second-order valence-corrected chi connectivity index (χ2v) is 8.54. The second-order valence-electron chi connectivity index (χ2n) is 7.63. The van der Waals surface area contributed by atoms with Crippen LogP contribution in [0.4, 0.5) is 11.5 Å². The lowest BCUT2D eigenvalue weighted by Gasteiger charge is -2.27. The van der Waals surface area contributed by atoms with E-state index in [0.717, 1.165) is 35.9 Å². The van der Waals surface area contributed by atoms with Crippen molar-refractivity contribution in [2.24, 2.45) is 0 Å². The van der Waals surface area contributed by atoms with Gasteiger partial charge in [-0.2, -0.15) is 0 Å². The van der Waals surface area contributed by atoms with Gasteiger partial charge in [0.05, 0.1) is 11.0 Å². The van der Waals surface area contributed by atoms with Crippen molar-refractivity contribution in [2.45, 2.75) is 25.8 Å². The first-order chi connectivity index (χ1) is 15.1. The van der Waals surface area contributed by atoms with Gasteiger partial charge in [-0.25, -0.2) is 18.9 Å².